The minimum Gasteiger partial charge on any atom is -0.378 e. The Morgan fingerprint density at radius 2 is 1.76 bits per heavy atom. The summed E-state index contributed by atoms with van der Waals surface area (Å²) in [5.74, 6) is 1.60. The Balaban J connectivity index is 1.65. The molecule has 9 heteroatoms. The van der Waals surface area contributed by atoms with Crippen LogP contribution >= 0.6 is 0 Å². The molecule has 2 aromatic rings. The number of amides is 3. The van der Waals surface area contributed by atoms with E-state index in [9.17, 15) is 9.59 Å². The summed E-state index contributed by atoms with van der Waals surface area (Å²) >= 11 is 0. The Hall–Kier alpha value is -3.20. The SMILES string of the molecule is CCNC(=O)Nc1ccc(-c2nc3c(c(N4CCOCC4)n2)CN(C(=O)C(C)(C)C)C3)cc1. The van der Waals surface area contributed by atoms with Crippen molar-refractivity contribution in [3.8, 4) is 11.4 Å². The summed E-state index contributed by atoms with van der Waals surface area (Å²) in [6.45, 7) is 12.1. The normalized spacial score (nSPS) is 15.9. The third-order valence-electron chi connectivity index (χ3n) is 5.74. The zero-order valence-electron chi connectivity index (χ0n) is 19.8. The van der Waals surface area contributed by atoms with Crippen LogP contribution in [0.5, 0.6) is 0 Å². The number of rotatable bonds is 4. The second-order valence-electron chi connectivity index (χ2n) is 9.37. The number of aromatic nitrogens is 2. The summed E-state index contributed by atoms with van der Waals surface area (Å²) in [5, 5.41) is 5.51. The molecule has 4 rings (SSSR count). The summed E-state index contributed by atoms with van der Waals surface area (Å²) in [4.78, 5) is 38.6. The number of anilines is 2. The number of nitrogens with one attached hydrogen (secondary N) is 2. The molecule has 0 radical (unpaired) electrons. The molecule has 1 aromatic heterocycles. The molecule has 2 N–H and O–H groups in total. The van der Waals surface area contributed by atoms with Crippen molar-refractivity contribution in [3.05, 3.63) is 35.5 Å². The average Bonchev–Trinajstić information content (AvgIpc) is 3.22. The van der Waals surface area contributed by atoms with E-state index in [0.717, 1.165) is 35.7 Å². The summed E-state index contributed by atoms with van der Waals surface area (Å²) in [6, 6.07) is 7.24. The lowest BCUT2D eigenvalue weighted by Gasteiger charge is -2.30. The van der Waals surface area contributed by atoms with Gasteiger partial charge in [0, 0.05) is 41.9 Å². The van der Waals surface area contributed by atoms with Crippen LogP contribution in [0.25, 0.3) is 11.4 Å². The molecule has 1 aromatic carbocycles. The maximum absolute atomic E-state index is 13.0. The molecule has 0 aliphatic carbocycles. The van der Waals surface area contributed by atoms with E-state index in [1.54, 1.807) is 0 Å². The smallest absolute Gasteiger partial charge is 0.319 e. The summed E-state index contributed by atoms with van der Waals surface area (Å²) < 4.78 is 5.53. The van der Waals surface area contributed by atoms with Gasteiger partial charge >= 0.3 is 6.03 Å². The molecule has 0 unspecified atom stereocenters. The molecule has 3 amide bonds. The first kappa shape index (κ1) is 23.0. The Bertz CT molecular complexity index is 1030. The number of nitrogens with zero attached hydrogens (tertiary/aromatic N) is 4. The van der Waals surface area contributed by atoms with E-state index in [2.05, 4.69) is 15.5 Å². The van der Waals surface area contributed by atoms with Crippen LogP contribution in [-0.2, 0) is 22.6 Å². The van der Waals surface area contributed by atoms with E-state index in [0.29, 0.717) is 44.4 Å². The molecule has 0 saturated carbocycles. The molecular formula is C24H32N6O3. The number of hydrogen-bond donors (Lipinski definition) is 2. The van der Waals surface area contributed by atoms with Crippen molar-refractivity contribution in [1.82, 2.24) is 20.2 Å². The molecule has 33 heavy (non-hydrogen) atoms. The first-order chi connectivity index (χ1) is 15.8. The maximum atomic E-state index is 13.0. The van der Waals surface area contributed by atoms with Crippen molar-refractivity contribution in [3.63, 3.8) is 0 Å². The van der Waals surface area contributed by atoms with Crippen LogP contribution in [0.1, 0.15) is 39.0 Å². The predicted octanol–water partition coefficient (Wildman–Crippen LogP) is 3.01. The Kier molecular flexibility index (Phi) is 6.51. The predicted molar refractivity (Wildman–Crippen MR) is 127 cm³/mol. The topological polar surface area (TPSA) is 99.7 Å². The van der Waals surface area contributed by atoms with Crippen molar-refractivity contribution < 1.29 is 14.3 Å². The van der Waals surface area contributed by atoms with Gasteiger partial charge in [-0.15, -0.1) is 0 Å². The lowest BCUT2D eigenvalue weighted by Crippen LogP contribution is -2.38. The zero-order valence-corrected chi connectivity index (χ0v) is 19.8. The maximum Gasteiger partial charge on any atom is 0.319 e. The number of fused-ring (bicyclic) bond motifs is 1. The number of carbonyl (C=O) groups is 2. The van der Waals surface area contributed by atoms with Crippen LogP contribution in [0.2, 0.25) is 0 Å². The largest absolute Gasteiger partial charge is 0.378 e. The molecule has 176 valence electrons. The fourth-order valence-electron chi connectivity index (χ4n) is 4.06. The number of benzene rings is 1. The second-order valence-corrected chi connectivity index (χ2v) is 9.37. The van der Waals surface area contributed by atoms with Gasteiger partial charge in [0.15, 0.2) is 5.82 Å². The quantitative estimate of drug-likeness (QED) is 0.740. The first-order valence-corrected chi connectivity index (χ1v) is 11.4. The van der Waals surface area contributed by atoms with Crippen molar-refractivity contribution in [2.75, 3.05) is 43.1 Å². The van der Waals surface area contributed by atoms with Crippen LogP contribution in [0.4, 0.5) is 16.3 Å². The summed E-state index contributed by atoms with van der Waals surface area (Å²) in [5.41, 5.74) is 3.01. The molecule has 2 aliphatic heterocycles. The van der Waals surface area contributed by atoms with Gasteiger partial charge < -0.3 is 25.2 Å². The second kappa shape index (κ2) is 9.35. The van der Waals surface area contributed by atoms with Crippen molar-refractivity contribution in [2.24, 2.45) is 5.41 Å². The van der Waals surface area contributed by atoms with E-state index in [1.807, 2.05) is 56.9 Å². The molecule has 0 spiro atoms. The van der Waals surface area contributed by atoms with Crippen LogP contribution in [0.3, 0.4) is 0 Å². The number of hydrogen-bond acceptors (Lipinski definition) is 6. The Labute approximate surface area is 194 Å². The summed E-state index contributed by atoms with van der Waals surface area (Å²) in [7, 11) is 0. The molecule has 0 bridgehead atoms. The fourth-order valence-corrected chi connectivity index (χ4v) is 4.06. The van der Waals surface area contributed by atoms with Crippen molar-refractivity contribution in [2.45, 2.75) is 40.8 Å². The first-order valence-electron chi connectivity index (χ1n) is 11.4. The highest BCUT2D eigenvalue weighted by Gasteiger charge is 2.35. The van der Waals surface area contributed by atoms with Gasteiger partial charge in [0.25, 0.3) is 0 Å². The monoisotopic (exact) mass is 452 g/mol. The molecular weight excluding hydrogens is 420 g/mol. The Morgan fingerprint density at radius 3 is 2.39 bits per heavy atom. The molecule has 2 aliphatic rings. The molecule has 1 fully saturated rings. The highest BCUT2D eigenvalue weighted by atomic mass is 16.5. The van der Waals surface area contributed by atoms with Crippen LogP contribution < -0.4 is 15.5 Å². The highest BCUT2D eigenvalue weighted by molar-refractivity contribution is 5.89. The van der Waals surface area contributed by atoms with Crippen LogP contribution in [0.15, 0.2) is 24.3 Å². The number of carbonyl (C=O) groups excluding carboxylic acids is 2. The summed E-state index contributed by atoms with van der Waals surface area (Å²) in [6.07, 6.45) is 0. The number of urea groups is 1. The van der Waals surface area contributed by atoms with E-state index in [-0.39, 0.29) is 11.9 Å². The van der Waals surface area contributed by atoms with Gasteiger partial charge in [-0.05, 0) is 31.2 Å². The zero-order chi connectivity index (χ0) is 23.6. The molecule has 0 atom stereocenters. The lowest BCUT2D eigenvalue weighted by molar-refractivity contribution is -0.140. The number of morpholine rings is 1. The third kappa shape index (κ3) is 5.08. The van der Waals surface area contributed by atoms with Gasteiger partial charge in [0.1, 0.15) is 5.82 Å². The molecule has 3 heterocycles. The van der Waals surface area contributed by atoms with E-state index in [4.69, 9.17) is 14.7 Å². The van der Waals surface area contributed by atoms with Gasteiger partial charge in [-0.3, -0.25) is 4.79 Å². The fraction of sp³-hybridized carbons (Fsp3) is 0.500. The van der Waals surface area contributed by atoms with Gasteiger partial charge in [-0.25, -0.2) is 14.8 Å². The minimum absolute atomic E-state index is 0.107. The van der Waals surface area contributed by atoms with E-state index >= 15 is 0 Å². The van der Waals surface area contributed by atoms with Crippen molar-refractivity contribution in [1.29, 1.82) is 0 Å². The van der Waals surface area contributed by atoms with Gasteiger partial charge in [-0.1, -0.05) is 20.8 Å². The average molecular weight is 453 g/mol. The van der Waals surface area contributed by atoms with E-state index < -0.39 is 5.41 Å². The molecule has 1 saturated heterocycles. The molecule has 9 nitrogen and oxygen atoms in total. The lowest BCUT2D eigenvalue weighted by atomic mass is 9.95. The van der Waals surface area contributed by atoms with E-state index in [1.165, 1.54) is 0 Å². The van der Waals surface area contributed by atoms with Crippen LogP contribution in [0, 0.1) is 5.41 Å². The highest BCUT2D eigenvalue weighted by Crippen LogP contribution is 2.34. The van der Waals surface area contributed by atoms with Gasteiger partial charge in [0.2, 0.25) is 5.91 Å². The van der Waals surface area contributed by atoms with Gasteiger partial charge in [0.05, 0.1) is 32.0 Å². The Morgan fingerprint density at radius 1 is 1.06 bits per heavy atom. The number of ether oxygens (including phenoxy) is 1. The van der Waals surface area contributed by atoms with Crippen molar-refractivity contribution >= 4 is 23.4 Å². The van der Waals surface area contributed by atoms with Crippen LogP contribution in [-0.4, -0.2) is 59.7 Å². The van der Waals surface area contributed by atoms with Gasteiger partial charge in [-0.2, -0.15) is 0 Å². The third-order valence-corrected chi connectivity index (χ3v) is 5.74. The standard InChI is InChI=1S/C24H32N6O3/c1-5-25-23(32)26-17-8-6-16(7-9-17)20-27-19-15-30(22(31)24(2,3)4)14-18(19)21(28-20)29-10-12-33-13-11-29/h6-9H,5,10-15H2,1-4H3,(H2,25,26,32). The minimum atomic E-state index is -0.454.